The first-order chi connectivity index (χ1) is 20.8. The summed E-state index contributed by atoms with van der Waals surface area (Å²) in [5.74, 6) is 0. The summed E-state index contributed by atoms with van der Waals surface area (Å²) >= 11 is 0. The fraction of sp³-hybridized carbons (Fsp3) is 0. The molecule has 2 nitrogen and oxygen atoms in total. The van der Waals surface area contributed by atoms with Gasteiger partial charge in [0.25, 0.3) is 0 Å². The Morgan fingerprint density at radius 2 is 0.881 bits per heavy atom. The largest absolute Gasteiger partial charge is 0.455 e. The zero-order valence-electron chi connectivity index (χ0n) is 22.9. The zero-order valence-corrected chi connectivity index (χ0v) is 22.9. The minimum absolute atomic E-state index is 0.893. The van der Waals surface area contributed by atoms with Crippen molar-refractivity contribution < 1.29 is 4.42 Å². The number of hydrogen-bond acceptors (Lipinski definition) is 2. The molecule has 0 aliphatic heterocycles. The molecule has 0 aliphatic carbocycles. The SMILES string of the molecule is c1ccc(-c2ccc(N(c3ccc(-c4ccccc4)cc3)c3ccc4oc5c6ccccc6ccc5c4c3)cc2)cc1. The fourth-order valence-corrected chi connectivity index (χ4v) is 5.95. The number of furan rings is 1. The van der Waals surface area contributed by atoms with Crippen LogP contribution in [-0.2, 0) is 0 Å². The summed E-state index contributed by atoms with van der Waals surface area (Å²) in [5, 5.41) is 4.56. The van der Waals surface area contributed by atoms with Gasteiger partial charge in [-0.2, -0.15) is 0 Å². The Balaban J connectivity index is 1.27. The van der Waals surface area contributed by atoms with Gasteiger partial charge in [0.05, 0.1) is 0 Å². The van der Waals surface area contributed by atoms with E-state index in [1.165, 1.54) is 27.6 Å². The van der Waals surface area contributed by atoms with Crippen LogP contribution in [0.15, 0.2) is 168 Å². The number of anilines is 3. The summed E-state index contributed by atoms with van der Waals surface area (Å²) in [6, 6.07) is 57.9. The smallest absolute Gasteiger partial charge is 0.143 e. The highest BCUT2D eigenvalue weighted by molar-refractivity contribution is 6.15. The lowest BCUT2D eigenvalue weighted by Gasteiger charge is -2.26. The normalized spacial score (nSPS) is 11.3. The van der Waals surface area contributed by atoms with E-state index in [0.717, 1.165) is 44.4 Å². The van der Waals surface area contributed by atoms with Crippen LogP contribution in [0.1, 0.15) is 0 Å². The van der Waals surface area contributed by atoms with Crippen molar-refractivity contribution in [1.29, 1.82) is 0 Å². The molecule has 42 heavy (non-hydrogen) atoms. The van der Waals surface area contributed by atoms with E-state index in [1.807, 2.05) is 0 Å². The number of hydrogen-bond donors (Lipinski definition) is 0. The second-order valence-electron chi connectivity index (χ2n) is 10.6. The van der Waals surface area contributed by atoms with Gasteiger partial charge in [-0.25, -0.2) is 0 Å². The molecule has 0 N–H and O–H groups in total. The van der Waals surface area contributed by atoms with E-state index in [-0.39, 0.29) is 0 Å². The minimum Gasteiger partial charge on any atom is -0.455 e. The fourth-order valence-electron chi connectivity index (χ4n) is 5.95. The summed E-state index contributed by atoms with van der Waals surface area (Å²) in [5.41, 5.74) is 9.92. The van der Waals surface area contributed by atoms with Crippen LogP contribution < -0.4 is 4.90 Å². The molecule has 0 aliphatic rings. The lowest BCUT2D eigenvalue weighted by Crippen LogP contribution is -2.09. The molecule has 0 saturated heterocycles. The molecule has 0 bridgehead atoms. The summed E-state index contributed by atoms with van der Waals surface area (Å²) in [6.45, 7) is 0. The van der Waals surface area contributed by atoms with Crippen LogP contribution in [0, 0.1) is 0 Å². The molecule has 0 atom stereocenters. The van der Waals surface area contributed by atoms with Crippen molar-refractivity contribution in [3.8, 4) is 22.3 Å². The van der Waals surface area contributed by atoms with Crippen molar-refractivity contribution in [1.82, 2.24) is 0 Å². The van der Waals surface area contributed by atoms with Crippen molar-refractivity contribution in [3.63, 3.8) is 0 Å². The number of benzene rings is 7. The molecule has 1 heterocycles. The van der Waals surface area contributed by atoms with Crippen LogP contribution in [0.5, 0.6) is 0 Å². The van der Waals surface area contributed by atoms with Crippen molar-refractivity contribution in [2.45, 2.75) is 0 Å². The third kappa shape index (κ3) is 4.22. The highest BCUT2D eigenvalue weighted by atomic mass is 16.3. The van der Waals surface area contributed by atoms with Gasteiger partial charge in [0.15, 0.2) is 0 Å². The molecule has 8 aromatic rings. The third-order valence-electron chi connectivity index (χ3n) is 8.07. The Labute approximate surface area is 244 Å². The van der Waals surface area contributed by atoms with Crippen molar-refractivity contribution in [3.05, 3.63) is 164 Å². The quantitative estimate of drug-likeness (QED) is 0.217. The van der Waals surface area contributed by atoms with Gasteiger partial charge in [-0.1, -0.05) is 115 Å². The molecule has 0 spiro atoms. The van der Waals surface area contributed by atoms with E-state index in [4.69, 9.17) is 4.42 Å². The Morgan fingerprint density at radius 1 is 0.357 bits per heavy atom. The van der Waals surface area contributed by atoms with Crippen molar-refractivity contribution in [2.24, 2.45) is 0 Å². The minimum atomic E-state index is 0.893. The van der Waals surface area contributed by atoms with Crippen molar-refractivity contribution >= 4 is 49.8 Å². The lowest BCUT2D eigenvalue weighted by atomic mass is 10.0. The maximum atomic E-state index is 6.42. The number of fused-ring (bicyclic) bond motifs is 5. The van der Waals surface area contributed by atoms with Gasteiger partial charge >= 0.3 is 0 Å². The first kappa shape index (κ1) is 24.2. The predicted molar refractivity (Wildman–Crippen MR) is 177 cm³/mol. The van der Waals surface area contributed by atoms with Gasteiger partial charge in [-0.15, -0.1) is 0 Å². The van der Waals surface area contributed by atoms with Crippen LogP contribution in [0.4, 0.5) is 17.1 Å². The van der Waals surface area contributed by atoms with E-state index < -0.39 is 0 Å². The van der Waals surface area contributed by atoms with Gasteiger partial charge in [-0.3, -0.25) is 0 Å². The second kappa shape index (κ2) is 10.1. The van der Waals surface area contributed by atoms with Crippen LogP contribution >= 0.6 is 0 Å². The maximum absolute atomic E-state index is 6.42. The number of rotatable bonds is 5. The Hall–Kier alpha value is -5.60. The van der Waals surface area contributed by atoms with E-state index in [1.54, 1.807) is 0 Å². The predicted octanol–water partition coefficient (Wildman–Crippen LogP) is 11.5. The molecule has 0 saturated carbocycles. The highest BCUT2D eigenvalue weighted by Gasteiger charge is 2.17. The second-order valence-corrected chi connectivity index (χ2v) is 10.6. The zero-order chi connectivity index (χ0) is 27.9. The molecule has 198 valence electrons. The average Bonchev–Trinajstić information content (AvgIpc) is 3.45. The topological polar surface area (TPSA) is 16.4 Å². The van der Waals surface area contributed by atoms with Crippen LogP contribution in [0.25, 0.3) is 55.0 Å². The molecule has 2 heteroatoms. The van der Waals surface area contributed by atoms with Crippen LogP contribution in [0.3, 0.4) is 0 Å². The van der Waals surface area contributed by atoms with E-state index >= 15 is 0 Å². The lowest BCUT2D eigenvalue weighted by molar-refractivity contribution is 0.672. The van der Waals surface area contributed by atoms with E-state index in [0.29, 0.717) is 0 Å². The monoisotopic (exact) mass is 537 g/mol. The van der Waals surface area contributed by atoms with E-state index in [2.05, 4.69) is 169 Å². The van der Waals surface area contributed by atoms with E-state index in [9.17, 15) is 0 Å². The van der Waals surface area contributed by atoms with Crippen LogP contribution in [0.2, 0.25) is 0 Å². The molecule has 1 aromatic heterocycles. The average molecular weight is 538 g/mol. The first-order valence-electron chi connectivity index (χ1n) is 14.3. The highest BCUT2D eigenvalue weighted by Crippen LogP contribution is 2.41. The Morgan fingerprint density at radius 3 is 1.50 bits per heavy atom. The summed E-state index contributed by atoms with van der Waals surface area (Å²) in [7, 11) is 0. The molecular formula is C40H27NO. The molecule has 8 rings (SSSR count). The molecule has 0 radical (unpaired) electrons. The first-order valence-corrected chi connectivity index (χ1v) is 14.3. The Bertz CT molecular complexity index is 2080. The maximum Gasteiger partial charge on any atom is 0.143 e. The molecule has 0 unspecified atom stereocenters. The van der Waals surface area contributed by atoms with Gasteiger partial charge < -0.3 is 9.32 Å². The molecule has 7 aromatic carbocycles. The van der Waals surface area contributed by atoms with Gasteiger partial charge in [-0.05, 0) is 76.2 Å². The Kier molecular flexibility index (Phi) is 5.82. The summed E-state index contributed by atoms with van der Waals surface area (Å²) in [4.78, 5) is 2.32. The van der Waals surface area contributed by atoms with Gasteiger partial charge in [0, 0.05) is 33.2 Å². The third-order valence-corrected chi connectivity index (χ3v) is 8.07. The van der Waals surface area contributed by atoms with Crippen LogP contribution in [-0.4, -0.2) is 0 Å². The number of nitrogens with zero attached hydrogens (tertiary/aromatic N) is 1. The molecular weight excluding hydrogens is 510 g/mol. The van der Waals surface area contributed by atoms with Gasteiger partial charge in [0.1, 0.15) is 11.2 Å². The van der Waals surface area contributed by atoms with Gasteiger partial charge in [0.2, 0.25) is 0 Å². The van der Waals surface area contributed by atoms with Crippen molar-refractivity contribution in [2.75, 3.05) is 4.90 Å². The molecule has 0 fully saturated rings. The molecule has 0 amide bonds. The summed E-state index contributed by atoms with van der Waals surface area (Å²) < 4.78 is 6.42. The summed E-state index contributed by atoms with van der Waals surface area (Å²) in [6.07, 6.45) is 0. The standard InChI is InChI=1S/C40H27NO/c1-3-9-28(10-4-1)30-15-20-33(21-16-30)41(34-22-17-31(18-23-34)29-11-5-2-6-12-29)35-24-26-39-38(27-35)37-25-19-32-13-7-8-14-36(32)40(37)42-39/h1-27H.